The number of carbonyl (C=O) groups is 2. The Morgan fingerprint density at radius 3 is 2.46 bits per heavy atom. The second kappa shape index (κ2) is 8.73. The van der Waals surface area contributed by atoms with Gasteiger partial charge >= 0.3 is 5.97 Å². The smallest absolute Gasteiger partial charge is 0.343 e. The van der Waals surface area contributed by atoms with Crippen LogP contribution in [0, 0.1) is 17.5 Å². The van der Waals surface area contributed by atoms with E-state index in [0.29, 0.717) is 6.07 Å². The number of carbonyl (C=O) groups excluding carboxylic acids is 2. The first-order valence-corrected chi connectivity index (χ1v) is 8.30. The molecule has 1 N–H and O–H groups in total. The zero-order valence-corrected chi connectivity index (χ0v) is 14.5. The summed E-state index contributed by atoms with van der Waals surface area (Å²) in [6, 6.07) is 0.481. The van der Waals surface area contributed by atoms with Crippen molar-refractivity contribution >= 4 is 11.8 Å². The standard InChI is InChI=1S/C18H20F3NO4/c1-3-26-18(24)12(9-22-10-6-4-5-7-10)16(23)11-8-13(19)15(21)17(25-2)14(11)20/h8-10,22H,3-7H2,1-2H3/b12-9-. The molecule has 0 bridgehead atoms. The minimum Gasteiger partial charge on any atom is -0.491 e. The van der Waals surface area contributed by atoms with Gasteiger partial charge in [0.05, 0.1) is 19.3 Å². The number of halogens is 3. The number of Topliss-reactive ketones (excluding diaryl/α,β-unsaturated/α-hetero) is 1. The predicted octanol–water partition coefficient (Wildman–Crippen LogP) is 3.27. The fraction of sp³-hybridized carbons (Fsp3) is 0.444. The Hall–Kier alpha value is -2.51. The number of hydrogen-bond donors (Lipinski definition) is 1. The molecule has 8 heteroatoms. The molecule has 0 saturated heterocycles. The van der Waals surface area contributed by atoms with Crippen molar-refractivity contribution in [2.45, 2.75) is 38.6 Å². The third-order valence-corrected chi connectivity index (χ3v) is 4.12. The predicted molar refractivity (Wildman–Crippen MR) is 87.3 cm³/mol. The third-order valence-electron chi connectivity index (χ3n) is 4.12. The minimum absolute atomic E-state index is 0.00351. The molecule has 26 heavy (non-hydrogen) atoms. The fourth-order valence-electron chi connectivity index (χ4n) is 2.79. The van der Waals surface area contributed by atoms with Crippen LogP contribution in [0.15, 0.2) is 17.8 Å². The highest BCUT2D eigenvalue weighted by Gasteiger charge is 2.29. The van der Waals surface area contributed by atoms with Gasteiger partial charge < -0.3 is 14.8 Å². The van der Waals surface area contributed by atoms with E-state index in [1.165, 1.54) is 0 Å². The maximum absolute atomic E-state index is 14.4. The third kappa shape index (κ3) is 4.17. The van der Waals surface area contributed by atoms with Gasteiger partial charge in [-0.1, -0.05) is 12.8 Å². The zero-order valence-electron chi connectivity index (χ0n) is 14.5. The number of hydrogen-bond acceptors (Lipinski definition) is 5. The fourth-order valence-corrected chi connectivity index (χ4v) is 2.79. The van der Waals surface area contributed by atoms with Crippen molar-refractivity contribution < 1.29 is 32.2 Å². The molecule has 1 aromatic carbocycles. The molecule has 1 aliphatic carbocycles. The number of benzene rings is 1. The number of ketones is 1. The van der Waals surface area contributed by atoms with Gasteiger partial charge in [-0.3, -0.25) is 4.79 Å². The van der Waals surface area contributed by atoms with Crippen molar-refractivity contribution in [1.82, 2.24) is 5.32 Å². The Balaban J connectivity index is 2.41. The highest BCUT2D eigenvalue weighted by molar-refractivity contribution is 6.24. The quantitative estimate of drug-likeness (QED) is 0.199. The summed E-state index contributed by atoms with van der Waals surface area (Å²) in [7, 11) is 0.943. The second-order valence-corrected chi connectivity index (χ2v) is 5.82. The average molecular weight is 371 g/mol. The van der Waals surface area contributed by atoms with Crippen LogP contribution < -0.4 is 10.1 Å². The molecule has 5 nitrogen and oxygen atoms in total. The van der Waals surface area contributed by atoms with Crippen molar-refractivity contribution in [2.24, 2.45) is 0 Å². The summed E-state index contributed by atoms with van der Waals surface area (Å²) in [4.78, 5) is 24.7. The van der Waals surface area contributed by atoms with Gasteiger partial charge in [-0.05, 0) is 25.8 Å². The molecule has 1 aromatic rings. The molecule has 142 valence electrons. The molecule has 1 saturated carbocycles. The van der Waals surface area contributed by atoms with E-state index >= 15 is 0 Å². The number of methoxy groups -OCH3 is 1. The molecular weight excluding hydrogens is 351 g/mol. The SMILES string of the molecule is CCOC(=O)/C(=C\NC1CCCC1)C(=O)c1cc(F)c(F)c(OC)c1F. The molecule has 0 amide bonds. The van der Waals surface area contributed by atoms with Crippen LogP contribution in [-0.2, 0) is 9.53 Å². The molecule has 0 aromatic heterocycles. The van der Waals surface area contributed by atoms with Gasteiger partial charge in [0.1, 0.15) is 5.57 Å². The van der Waals surface area contributed by atoms with Gasteiger partial charge in [0.15, 0.2) is 17.4 Å². The molecule has 0 aliphatic heterocycles. The van der Waals surface area contributed by atoms with Crippen LogP contribution in [0.3, 0.4) is 0 Å². The number of rotatable bonds is 7. The Labute approximate surface area is 149 Å². The minimum atomic E-state index is -1.55. The van der Waals surface area contributed by atoms with E-state index in [2.05, 4.69) is 10.1 Å². The summed E-state index contributed by atoms with van der Waals surface area (Å²) in [5.41, 5.74) is -1.31. The van der Waals surface area contributed by atoms with E-state index in [1.807, 2.05) is 0 Å². The van der Waals surface area contributed by atoms with E-state index in [1.54, 1.807) is 6.92 Å². The molecule has 0 radical (unpaired) electrons. The largest absolute Gasteiger partial charge is 0.491 e. The van der Waals surface area contributed by atoms with E-state index in [4.69, 9.17) is 4.74 Å². The highest BCUT2D eigenvalue weighted by atomic mass is 19.2. The van der Waals surface area contributed by atoms with Gasteiger partial charge in [0.25, 0.3) is 0 Å². The number of ether oxygens (including phenoxy) is 2. The molecule has 0 atom stereocenters. The highest BCUT2D eigenvalue weighted by Crippen LogP contribution is 2.28. The Bertz CT molecular complexity index is 728. The van der Waals surface area contributed by atoms with Crippen LogP contribution in [0.2, 0.25) is 0 Å². The van der Waals surface area contributed by atoms with Crippen LogP contribution in [0.4, 0.5) is 13.2 Å². The topological polar surface area (TPSA) is 64.6 Å². The number of nitrogens with one attached hydrogen (secondary N) is 1. The lowest BCUT2D eigenvalue weighted by Gasteiger charge is -2.13. The summed E-state index contributed by atoms with van der Waals surface area (Å²) >= 11 is 0. The molecule has 2 rings (SSSR count). The summed E-state index contributed by atoms with van der Waals surface area (Å²) < 4.78 is 50.9. The van der Waals surface area contributed by atoms with E-state index < -0.39 is 46.1 Å². The van der Waals surface area contributed by atoms with Crippen molar-refractivity contribution in [3.05, 3.63) is 40.9 Å². The van der Waals surface area contributed by atoms with Gasteiger partial charge in [-0.15, -0.1) is 0 Å². The zero-order chi connectivity index (χ0) is 19.3. The van der Waals surface area contributed by atoms with Gasteiger partial charge in [-0.25, -0.2) is 13.6 Å². The molecule has 0 unspecified atom stereocenters. The van der Waals surface area contributed by atoms with Crippen molar-refractivity contribution in [3.63, 3.8) is 0 Å². The first-order valence-electron chi connectivity index (χ1n) is 8.30. The van der Waals surface area contributed by atoms with Crippen LogP contribution in [-0.4, -0.2) is 31.5 Å². The van der Waals surface area contributed by atoms with Gasteiger partial charge in [0, 0.05) is 12.2 Å². The maximum Gasteiger partial charge on any atom is 0.343 e. The maximum atomic E-state index is 14.4. The summed E-state index contributed by atoms with van der Waals surface area (Å²) in [5.74, 6) is -7.52. The monoisotopic (exact) mass is 371 g/mol. The van der Waals surface area contributed by atoms with E-state index in [9.17, 15) is 22.8 Å². The Morgan fingerprint density at radius 1 is 1.23 bits per heavy atom. The van der Waals surface area contributed by atoms with Crippen LogP contribution >= 0.6 is 0 Å². The van der Waals surface area contributed by atoms with Gasteiger partial charge in [0.2, 0.25) is 11.6 Å². The van der Waals surface area contributed by atoms with Crippen LogP contribution in [0.5, 0.6) is 5.75 Å². The van der Waals surface area contributed by atoms with Crippen molar-refractivity contribution in [2.75, 3.05) is 13.7 Å². The van der Waals surface area contributed by atoms with E-state index in [0.717, 1.165) is 39.0 Å². The lowest BCUT2D eigenvalue weighted by atomic mass is 10.0. The van der Waals surface area contributed by atoms with Crippen molar-refractivity contribution in [3.8, 4) is 5.75 Å². The molecule has 1 fully saturated rings. The summed E-state index contributed by atoms with van der Waals surface area (Å²) in [6.45, 7) is 1.54. The molecular formula is C18H20F3NO4. The van der Waals surface area contributed by atoms with Gasteiger partial charge in [-0.2, -0.15) is 4.39 Å². The molecule has 1 aliphatic rings. The first kappa shape index (κ1) is 19.8. The summed E-state index contributed by atoms with van der Waals surface area (Å²) in [5, 5.41) is 2.94. The average Bonchev–Trinajstić information content (AvgIpc) is 3.12. The second-order valence-electron chi connectivity index (χ2n) is 5.82. The Morgan fingerprint density at radius 2 is 1.88 bits per heavy atom. The molecule has 0 heterocycles. The Kier molecular flexibility index (Phi) is 6.65. The summed E-state index contributed by atoms with van der Waals surface area (Å²) in [6.07, 6.45) is 4.93. The number of esters is 1. The van der Waals surface area contributed by atoms with Crippen LogP contribution in [0.1, 0.15) is 43.0 Å². The first-order chi connectivity index (χ1) is 12.4. The van der Waals surface area contributed by atoms with Crippen LogP contribution in [0.25, 0.3) is 0 Å². The lowest BCUT2D eigenvalue weighted by molar-refractivity contribution is -0.138. The normalized spacial score (nSPS) is 15.0. The molecule has 0 spiro atoms. The van der Waals surface area contributed by atoms with Crippen molar-refractivity contribution in [1.29, 1.82) is 0 Å². The lowest BCUT2D eigenvalue weighted by Crippen LogP contribution is -2.25. The van der Waals surface area contributed by atoms with E-state index in [-0.39, 0.29) is 12.6 Å².